The normalized spacial score (nSPS) is 20.5. The second-order valence-corrected chi connectivity index (χ2v) is 8.97. The number of amides is 1. The summed E-state index contributed by atoms with van der Waals surface area (Å²) in [6.07, 6.45) is 3.67. The highest BCUT2D eigenvalue weighted by Crippen LogP contribution is 2.61. The van der Waals surface area contributed by atoms with E-state index in [4.69, 9.17) is 4.74 Å². The standard InChI is InChI=1S/C22H30N2O2/c1-14(2)22(15(3)4)12-21(9-10-21)13-24(22)20(25)18-11-16-17(23-18)7-6-8-19(16)26-5/h6-8,11,14-15,23H,9-10,12-13H2,1-5H3. The molecule has 140 valence electrons. The summed E-state index contributed by atoms with van der Waals surface area (Å²) in [6, 6.07) is 7.85. The van der Waals surface area contributed by atoms with Crippen LogP contribution in [0.15, 0.2) is 24.3 Å². The fraction of sp³-hybridized carbons (Fsp3) is 0.591. The minimum atomic E-state index is -0.0606. The van der Waals surface area contributed by atoms with Gasteiger partial charge >= 0.3 is 0 Å². The van der Waals surface area contributed by atoms with Gasteiger partial charge in [-0.1, -0.05) is 33.8 Å². The van der Waals surface area contributed by atoms with Crippen LogP contribution >= 0.6 is 0 Å². The summed E-state index contributed by atoms with van der Waals surface area (Å²) in [7, 11) is 1.67. The zero-order chi connectivity index (χ0) is 18.7. The molecule has 1 aliphatic carbocycles. The average molecular weight is 354 g/mol. The molecule has 1 amide bonds. The number of H-pyrrole nitrogens is 1. The number of rotatable bonds is 4. The summed E-state index contributed by atoms with van der Waals surface area (Å²) in [5.41, 5.74) is 1.93. The summed E-state index contributed by atoms with van der Waals surface area (Å²) in [5, 5.41) is 0.971. The monoisotopic (exact) mass is 354 g/mol. The van der Waals surface area contributed by atoms with Gasteiger partial charge in [0.05, 0.1) is 7.11 Å². The molecule has 2 aromatic rings. The lowest BCUT2D eigenvalue weighted by Crippen LogP contribution is -2.54. The fourth-order valence-electron chi connectivity index (χ4n) is 5.27. The topological polar surface area (TPSA) is 45.3 Å². The van der Waals surface area contributed by atoms with Crippen molar-refractivity contribution in [3.8, 4) is 5.75 Å². The molecular weight excluding hydrogens is 324 g/mol. The lowest BCUT2D eigenvalue weighted by Gasteiger charge is -2.45. The highest BCUT2D eigenvalue weighted by molar-refractivity contribution is 6.00. The van der Waals surface area contributed by atoms with Crippen molar-refractivity contribution in [2.24, 2.45) is 17.3 Å². The van der Waals surface area contributed by atoms with E-state index in [9.17, 15) is 4.79 Å². The van der Waals surface area contributed by atoms with Crippen LogP contribution in [0.25, 0.3) is 10.9 Å². The predicted octanol–water partition coefficient (Wildman–Crippen LogP) is 4.85. The molecule has 1 saturated heterocycles. The second kappa shape index (κ2) is 5.77. The molecule has 26 heavy (non-hydrogen) atoms. The van der Waals surface area contributed by atoms with Gasteiger partial charge in [-0.25, -0.2) is 0 Å². The number of carbonyl (C=O) groups is 1. The van der Waals surface area contributed by atoms with Crippen LogP contribution in [-0.4, -0.2) is 35.0 Å². The molecule has 0 unspecified atom stereocenters. The molecule has 2 heterocycles. The molecule has 4 rings (SSSR count). The number of nitrogens with zero attached hydrogens (tertiary/aromatic N) is 1. The molecule has 2 aliphatic rings. The van der Waals surface area contributed by atoms with Gasteiger partial charge in [0.1, 0.15) is 11.4 Å². The molecule has 2 fully saturated rings. The Kier molecular flexibility index (Phi) is 3.87. The van der Waals surface area contributed by atoms with Crippen molar-refractivity contribution < 1.29 is 9.53 Å². The van der Waals surface area contributed by atoms with E-state index in [1.807, 2.05) is 24.3 Å². The molecule has 1 N–H and O–H groups in total. The minimum Gasteiger partial charge on any atom is -0.496 e. The maximum Gasteiger partial charge on any atom is 0.270 e. The Labute approximate surface area is 155 Å². The van der Waals surface area contributed by atoms with E-state index in [1.54, 1.807) is 7.11 Å². The van der Waals surface area contributed by atoms with Crippen LogP contribution in [0.5, 0.6) is 5.75 Å². The average Bonchev–Trinajstić information content (AvgIpc) is 3.06. The number of aromatic nitrogens is 1. The van der Waals surface area contributed by atoms with Gasteiger partial charge in [-0.3, -0.25) is 4.79 Å². The first-order chi connectivity index (χ1) is 12.3. The highest BCUT2D eigenvalue weighted by Gasteiger charge is 2.62. The first-order valence-electron chi connectivity index (χ1n) is 9.81. The van der Waals surface area contributed by atoms with Crippen LogP contribution in [-0.2, 0) is 0 Å². The molecule has 0 atom stereocenters. The van der Waals surface area contributed by atoms with Crippen LogP contribution in [0.1, 0.15) is 57.4 Å². The van der Waals surface area contributed by atoms with Crippen LogP contribution in [0, 0.1) is 17.3 Å². The largest absolute Gasteiger partial charge is 0.496 e. The predicted molar refractivity (Wildman–Crippen MR) is 105 cm³/mol. The molecule has 4 nitrogen and oxygen atoms in total. The molecule has 0 bridgehead atoms. The number of ether oxygens (including phenoxy) is 1. The smallest absolute Gasteiger partial charge is 0.270 e. The van der Waals surface area contributed by atoms with Gasteiger partial charge in [-0.15, -0.1) is 0 Å². The Hall–Kier alpha value is -1.97. The number of aromatic amines is 1. The molecule has 1 aromatic heterocycles. The molecule has 0 radical (unpaired) electrons. The van der Waals surface area contributed by atoms with E-state index < -0.39 is 0 Å². The van der Waals surface area contributed by atoms with Crippen molar-refractivity contribution >= 4 is 16.8 Å². The van der Waals surface area contributed by atoms with E-state index in [0.717, 1.165) is 29.6 Å². The molecule has 4 heteroatoms. The van der Waals surface area contributed by atoms with Gasteiger partial charge < -0.3 is 14.6 Å². The number of fused-ring (bicyclic) bond motifs is 1. The number of hydrogen-bond acceptors (Lipinski definition) is 2. The number of likely N-dealkylation sites (tertiary alicyclic amines) is 1. The van der Waals surface area contributed by atoms with Gasteiger partial charge in [0.2, 0.25) is 0 Å². The van der Waals surface area contributed by atoms with Crippen LogP contribution in [0.2, 0.25) is 0 Å². The van der Waals surface area contributed by atoms with Crippen molar-refractivity contribution in [1.29, 1.82) is 0 Å². The van der Waals surface area contributed by atoms with E-state index in [-0.39, 0.29) is 11.4 Å². The van der Waals surface area contributed by atoms with Crippen molar-refractivity contribution in [3.63, 3.8) is 0 Å². The Balaban J connectivity index is 1.77. The third kappa shape index (κ3) is 2.38. The number of methoxy groups -OCH3 is 1. The summed E-state index contributed by atoms with van der Waals surface area (Å²) in [4.78, 5) is 19.2. The van der Waals surface area contributed by atoms with Crippen LogP contribution in [0.4, 0.5) is 0 Å². The lowest BCUT2D eigenvalue weighted by molar-refractivity contribution is 0.0291. The second-order valence-electron chi connectivity index (χ2n) is 8.97. The van der Waals surface area contributed by atoms with E-state index >= 15 is 0 Å². The molecule has 1 aliphatic heterocycles. The zero-order valence-electron chi connectivity index (χ0n) is 16.6. The van der Waals surface area contributed by atoms with Gasteiger partial charge in [-0.2, -0.15) is 0 Å². The van der Waals surface area contributed by atoms with Crippen molar-refractivity contribution in [3.05, 3.63) is 30.0 Å². The molecule has 1 saturated carbocycles. The lowest BCUT2D eigenvalue weighted by atomic mass is 9.73. The quantitative estimate of drug-likeness (QED) is 0.853. The molecule has 1 aromatic carbocycles. The van der Waals surface area contributed by atoms with Crippen molar-refractivity contribution in [1.82, 2.24) is 9.88 Å². The summed E-state index contributed by atoms with van der Waals surface area (Å²) in [5.74, 6) is 1.81. The van der Waals surface area contributed by atoms with Gasteiger partial charge in [0.15, 0.2) is 0 Å². The third-order valence-corrected chi connectivity index (χ3v) is 6.93. The Morgan fingerprint density at radius 1 is 1.19 bits per heavy atom. The van der Waals surface area contributed by atoms with E-state index in [1.165, 1.54) is 12.8 Å². The Morgan fingerprint density at radius 2 is 1.88 bits per heavy atom. The van der Waals surface area contributed by atoms with E-state index in [0.29, 0.717) is 22.9 Å². The molecular formula is C22H30N2O2. The Bertz CT molecular complexity index is 837. The number of hydrogen-bond donors (Lipinski definition) is 1. The number of nitrogens with one attached hydrogen (secondary N) is 1. The van der Waals surface area contributed by atoms with Gasteiger partial charge in [-0.05, 0) is 54.7 Å². The van der Waals surface area contributed by atoms with Crippen molar-refractivity contribution in [2.75, 3.05) is 13.7 Å². The van der Waals surface area contributed by atoms with E-state index in [2.05, 4.69) is 37.6 Å². The van der Waals surface area contributed by atoms with Crippen LogP contribution in [0.3, 0.4) is 0 Å². The molecule has 1 spiro atoms. The summed E-state index contributed by atoms with van der Waals surface area (Å²) >= 11 is 0. The third-order valence-electron chi connectivity index (χ3n) is 6.93. The summed E-state index contributed by atoms with van der Waals surface area (Å²) < 4.78 is 5.46. The van der Waals surface area contributed by atoms with Crippen molar-refractivity contribution in [2.45, 2.75) is 52.5 Å². The fourth-order valence-corrected chi connectivity index (χ4v) is 5.27. The zero-order valence-corrected chi connectivity index (χ0v) is 16.6. The number of benzene rings is 1. The minimum absolute atomic E-state index is 0.0606. The van der Waals surface area contributed by atoms with Gasteiger partial charge in [0.25, 0.3) is 5.91 Å². The first-order valence-corrected chi connectivity index (χ1v) is 9.81. The van der Waals surface area contributed by atoms with Gasteiger partial charge in [0, 0.05) is 23.0 Å². The maximum atomic E-state index is 13.6. The summed E-state index contributed by atoms with van der Waals surface area (Å²) in [6.45, 7) is 9.99. The maximum absolute atomic E-state index is 13.6. The Morgan fingerprint density at radius 3 is 2.46 bits per heavy atom. The first kappa shape index (κ1) is 17.4. The van der Waals surface area contributed by atoms with Crippen LogP contribution < -0.4 is 4.74 Å². The number of carbonyl (C=O) groups excluding carboxylic acids is 1. The highest BCUT2D eigenvalue weighted by atomic mass is 16.5. The SMILES string of the molecule is COc1cccc2[nH]c(C(=O)N3CC4(CC4)CC3(C(C)C)C(C)C)cc12.